The van der Waals surface area contributed by atoms with E-state index in [0.29, 0.717) is 23.5 Å². The van der Waals surface area contributed by atoms with Gasteiger partial charge in [0.2, 0.25) is 0 Å². The number of hydrogen-bond acceptors (Lipinski definition) is 5. The van der Waals surface area contributed by atoms with E-state index in [-0.39, 0.29) is 19.1 Å². The summed E-state index contributed by atoms with van der Waals surface area (Å²) in [6, 6.07) is 4.88. The van der Waals surface area contributed by atoms with Crippen LogP contribution in [0.3, 0.4) is 0 Å². The predicted octanol–water partition coefficient (Wildman–Crippen LogP) is 0.174. The zero-order valence-electron chi connectivity index (χ0n) is 11.2. The highest BCUT2D eigenvalue weighted by Crippen LogP contribution is 2.20. The first-order valence-corrected chi connectivity index (χ1v) is 6.14. The highest BCUT2D eigenvalue weighted by atomic mass is 16.3. The van der Waals surface area contributed by atoms with E-state index in [1.165, 1.54) is 6.92 Å². The fourth-order valence-electron chi connectivity index (χ4n) is 1.50. The number of nitrogens with two attached hydrogens (primary N) is 1. The summed E-state index contributed by atoms with van der Waals surface area (Å²) in [6.45, 7) is 3.59. The van der Waals surface area contributed by atoms with Gasteiger partial charge in [0.25, 0.3) is 5.91 Å². The Morgan fingerprint density at radius 3 is 2.74 bits per heavy atom. The number of aliphatic hydroxyl groups is 2. The minimum Gasteiger partial charge on any atom is -0.399 e. The Hall–Kier alpha value is -1.79. The van der Waals surface area contributed by atoms with Gasteiger partial charge in [-0.25, -0.2) is 0 Å². The Labute approximate surface area is 112 Å². The van der Waals surface area contributed by atoms with E-state index in [2.05, 4.69) is 10.6 Å². The summed E-state index contributed by atoms with van der Waals surface area (Å²) in [4.78, 5) is 11.9. The molecule has 1 unspecified atom stereocenters. The molecule has 6 nitrogen and oxygen atoms in total. The molecule has 0 radical (unpaired) electrons. The van der Waals surface area contributed by atoms with Crippen LogP contribution >= 0.6 is 0 Å². The monoisotopic (exact) mass is 267 g/mol. The lowest BCUT2D eigenvalue weighted by molar-refractivity contribution is 0.0132. The van der Waals surface area contributed by atoms with E-state index in [9.17, 15) is 9.90 Å². The maximum atomic E-state index is 11.9. The molecule has 6 heteroatoms. The van der Waals surface area contributed by atoms with E-state index < -0.39 is 5.60 Å². The van der Waals surface area contributed by atoms with E-state index in [4.69, 9.17) is 10.8 Å². The number of carbonyl (C=O) groups is 1. The molecule has 1 aromatic carbocycles. The molecule has 0 aliphatic heterocycles. The van der Waals surface area contributed by atoms with Crippen molar-refractivity contribution in [2.24, 2.45) is 0 Å². The van der Waals surface area contributed by atoms with Gasteiger partial charge in [0, 0.05) is 24.5 Å². The number of benzene rings is 1. The molecule has 0 saturated carbocycles. The fourth-order valence-corrected chi connectivity index (χ4v) is 1.50. The molecule has 6 N–H and O–H groups in total. The lowest BCUT2D eigenvalue weighted by Crippen LogP contribution is -2.37. The largest absolute Gasteiger partial charge is 0.399 e. The van der Waals surface area contributed by atoms with E-state index in [0.717, 1.165) is 0 Å². The van der Waals surface area contributed by atoms with Crippen molar-refractivity contribution in [1.29, 1.82) is 0 Å². The maximum Gasteiger partial charge on any atom is 0.253 e. The Morgan fingerprint density at radius 1 is 1.47 bits per heavy atom. The molecular weight excluding hydrogens is 246 g/mol. The van der Waals surface area contributed by atoms with Crippen LogP contribution in [0.5, 0.6) is 0 Å². The van der Waals surface area contributed by atoms with Crippen molar-refractivity contribution in [2.45, 2.75) is 19.4 Å². The van der Waals surface area contributed by atoms with Gasteiger partial charge in [0.15, 0.2) is 0 Å². The lowest BCUT2D eigenvalue weighted by atomic mass is 10.1. The quantitative estimate of drug-likeness (QED) is 0.472. The second-order valence-electron chi connectivity index (χ2n) is 4.67. The highest BCUT2D eigenvalue weighted by Gasteiger charge is 2.20. The molecule has 0 aliphatic carbocycles. The molecule has 1 rings (SSSR count). The van der Waals surface area contributed by atoms with Gasteiger partial charge in [-0.1, -0.05) is 0 Å². The first-order valence-electron chi connectivity index (χ1n) is 6.14. The third-order valence-corrected chi connectivity index (χ3v) is 2.63. The molecule has 19 heavy (non-hydrogen) atoms. The van der Waals surface area contributed by atoms with Gasteiger partial charge >= 0.3 is 0 Å². The molecule has 1 atom stereocenters. The number of aliphatic hydroxyl groups excluding tert-OH is 1. The summed E-state index contributed by atoms with van der Waals surface area (Å²) >= 11 is 0. The fraction of sp³-hybridized carbons (Fsp3) is 0.462. The Kier molecular flexibility index (Phi) is 5.14. The third kappa shape index (κ3) is 4.42. The molecule has 1 aromatic rings. The van der Waals surface area contributed by atoms with Crippen molar-refractivity contribution in [3.8, 4) is 0 Å². The molecule has 0 aliphatic rings. The standard InChI is InChI=1S/C13H21N3O3/c1-3-15-12(18)10-5-4-9(14)6-11(10)16-7-13(2,19)8-17/h4-6,16-17,19H,3,7-8,14H2,1-2H3,(H,15,18). The molecule has 0 spiro atoms. The van der Waals surface area contributed by atoms with E-state index >= 15 is 0 Å². The van der Waals surface area contributed by atoms with Gasteiger partial charge in [0.1, 0.15) is 5.60 Å². The van der Waals surface area contributed by atoms with Gasteiger partial charge in [-0.2, -0.15) is 0 Å². The number of nitrogen functional groups attached to an aromatic ring is 1. The second-order valence-corrected chi connectivity index (χ2v) is 4.67. The van der Waals surface area contributed by atoms with Crippen LogP contribution in [0.2, 0.25) is 0 Å². The Bertz CT molecular complexity index is 447. The summed E-state index contributed by atoms with van der Waals surface area (Å²) in [5.74, 6) is -0.214. The van der Waals surface area contributed by atoms with Gasteiger partial charge in [-0.3, -0.25) is 4.79 Å². The first kappa shape index (κ1) is 15.3. The average molecular weight is 267 g/mol. The average Bonchev–Trinajstić information content (AvgIpc) is 2.37. The van der Waals surface area contributed by atoms with Crippen molar-refractivity contribution < 1.29 is 15.0 Å². The SMILES string of the molecule is CCNC(=O)c1ccc(N)cc1NCC(C)(O)CO. The van der Waals surface area contributed by atoms with Crippen LogP contribution in [-0.2, 0) is 0 Å². The number of hydrogen-bond donors (Lipinski definition) is 5. The van der Waals surface area contributed by atoms with Crippen molar-refractivity contribution in [1.82, 2.24) is 5.32 Å². The molecule has 0 heterocycles. The van der Waals surface area contributed by atoms with Crippen molar-refractivity contribution >= 4 is 17.3 Å². The maximum absolute atomic E-state index is 11.9. The normalized spacial score (nSPS) is 13.7. The number of anilines is 2. The number of carbonyl (C=O) groups excluding carboxylic acids is 1. The smallest absolute Gasteiger partial charge is 0.253 e. The molecule has 0 saturated heterocycles. The minimum atomic E-state index is -1.26. The van der Waals surface area contributed by atoms with Gasteiger partial charge in [-0.05, 0) is 32.0 Å². The van der Waals surface area contributed by atoms with Crippen LogP contribution in [0, 0.1) is 0 Å². The van der Waals surface area contributed by atoms with E-state index in [1.807, 2.05) is 6.92 Å². The second kappa shape index (κ2) is 6.40. The van der Waals surface area contributed by atoms with Crippen molar-refractivity contribution in [3.63, 3.8) is 0 Å². The molecule has 1 amide bonds. The minimum absolute atomic E-state index is 0.110. The Balaban J connectivity index is 2.91. The van der Waals surface area contributed by atoms with Crippen LogP contribution in [0.15, 0.2) is 18.2 Å². The topological polar surface area (TPSA) is 108 Å². The summed E-state index contributed by atoms with van der Waals surface area (Å²) in [5.41, 5.74) is 5.92. The van der Waals surface area contributed by atoms with Crippen molar-refractivity contribution in [3.05, 3.63) is 23.8 Å². The molecule has 0 aromatic heterocycles. The Morgan fingerprint density at radius 2 is 2.16 bits per heavy atom. The predicted molar refractivity (Wildman–Crippen MR) is 75.1 cm³/mol. The van der Waals surface area contributed by atoms with Gasteiger partial charge in [0.05, 0.1) is 12.2 Å². The molecule has 106 valence electrons. The summed E-state index contributed by atoms with van der Waals surface area (Å²) in [6.07, 6.45) is 0. The van der Waals surface area contributed by atoms with Crippen molar-refractivity contribution in [2.75, 3.05) is 30.7 Å². The molecule has 0 fully saturated rings. The lowest BCUT2D eigenvalue weighted by Gasteiger charge is -2.22. The van der Waals surface area contributed by atoms with Crippen LogP contribution < -0.4 is 16.4 Å². The van der Waals surface area contributed by atoms with E-state index in [1.54, 1.807) is 18.2 Å². The summed E-state index contributed by atoms with van der Waals surface area (Å²) in [7, 11) is 0. The first-order chi connectivity index (χ1) is 8.89. The number of amides is 1. The third-order valence-electron chi connectivity index (χ3n) is 2.63. The van der Waals surface area contributed by atoms with Crippen LogP contribution in [-0.4, -0.2) is 41.4 Å². The zero-order valence-corrected chi connectivity index (χ0v) is 11.2. The molecule has 0 bridgehead atoms. The zero-order chi connectivity index (χ0) is 14.5. The van der Waals surface area contributed by atoms with Crippen LogP contribution in [0.4, 0.5) is 11.4 Å². The summed E-state index contributed by atoms with van der Waals surface area (Å²) in [5, 5.41) is 24.4. The number of nitrogens with one attached hydrogen (secondary N) is 2. The number of rotatable bonds is 6. The van der Waals surface area contributed by atoms with Crippen LogP contribution in [0.1, 0.15) is 24.2 Å². The highest BCUT2D eigenvalue weighted by molar-refractivity contribution is 6.00. The van der Waals surface area contributed by atoms with Gasteiger partial charge in [-0.15, -0.1) is 0 Å². The van der Waals surface area contributed by atoms with Crippen LogP contribution in [0.25, 0.3) is 0 Å². The van der Waals surface area contributed by atoms with Gasteiger partial charge < -0.3 is 26.6 Å². The molecular formula is C13H21N3O3. The summed E-state index contributed by atoms with van der Waals surface area (Å²) < 4.78 is 0.